The Hall–Kier alpha value is -1.51. The van der Waals surface area contributed by atoms with Gasteiger partial charge in [-0.25, -0.2) is 0 Å². The van der Waals surface area contributed by atoms with Crippen molar-refractivity contribution >= 4 is 5.78 Å². The van der Waals surface area contributed by atoms with Gasteiger partial charge in [0.1, 0.15) is 5.76 Å². The van der Waals surface area contributed by atoms with Gasteiger partial charge in [-0.1, -0.05) is 0 Å². The maximum atomic E-state index is 12.2. The summed E-state index contributed by atoms with van der Waals surface area (Å²) in [5.74, 6) is 1.95. The van der Waals surface area contributed by atoms with Crippen LogP contribution in [0.2, 0.25) is 0 Å². The minimum atomic E-state index is 0.110. The van der Waals surface area contributed by atoms with Gasteiger partial charge >= 0.3 is 0 Å². The van der Waals surface area contributed by atoms with E-state index in [0.29, 0.717) is 13.2 Å². The summed E-state index contributed by atoms with van der Waals surface area (Å²) in [7, 11) is 0. The molecule has 0 saturated carbocycles. The van der Waals surface area contributed by atoms with Crippen LogP contribution in [-0.2, 0) is 14.3 Å². The van der Waals surface area contributed by atoms with Gasteiger partial charge in [-0.15, -0.1) is 0 Å². The Morgan fingerprint density at radius 2 is 1.63 bits per heavy atom. The third-order valence-corrected chi connectivity index (χ3v) is 3.46. The molecule has 2 rings (SSSR count). The van der Waals surface area contributed by atoms with Crippen molar-refractivity contribution in [3.8, 4) is 0 Å². The van der Waals surface area contributed by atoms with Crippen molar-refractivity contribution in [2.45, 2.75) is 46.0 Å². The quantitative estimate of drug-likeness (QED) is 0.725. The lowest BCUT2D eigenvalue weighted by Crippen LogP contribution is -2.12. The van der Waals surface area contributed by atoms with E-state index in [1.807, 2.05) is 13.8 Å². The molecule has 0 aliphatic heterocycles. The van der Waals surface area contributed by atoms with Crippen LogP contribution < -0.4 is 0 Å². The van der Waals surface area contributed by atoms with Crippen LogP contribution in [0.1, 0.15) is 46.0 Å². The largest absolute Gasteiger partial charge is 0.498 e. The molecule has 0 saturated heterocycles. The summed E-state index contributed by atoms with van der Waals surface area (Å²) >= 11 is 0. The highest BCUT2D eigenvalue weighted by atomic mass is 16.5. The molecule has 0 aromatic rings. The van der Waals surface area contributed by atoms with Crippen LogP contribution in [0.15, 0.2) is 34.8 Å². The second-order valence-corrected chi connectivity index (χ2v) is 4.81. The van der Waals surface area contributed by atoms with Crippen molar-refractivity contribution < 1.29 is 14.3 Å². The number of rotatable bonds is 4. The lowest BCUT2D eigenvalue weighted by Gasteiger charge is -2.21. The van der Waals surface area contributed by atoms with E-state index in [9.17, 15) is 4.79 Å². The average molecular weight is 262 g/mol. The number of carbonyl (C=O) groups is 1. The first-order chi connectivity index (χ1) is 9.24. The zero-order chi connectivity index (χ0) is 13.7. The molecule has 3 heteroatoms. The van der Waals surface area contributed by atoms with Crippen LogP contribution in [0, 0.1) is 0 Å². The van der Waals surface area contributed by atoms with Gasteiger partial charge in [-0.3, -0.25) is 4.79 Å². The second kappa shape index (κ2) is 6.60. The van der Waals surface area contributed by atoms with E-state index in [-0.39, 0.29) is 5.78 Å². The second-order valence-electron chi connectivity index (χ2n) is 4.81. The summed E-state index contributed by atoms with van der Waals surface area (Å²) in [5, 5.41) is 0. The zero-order valence-electron chi connectivity index (χ0n) is 11.8. The number of hydrogen-bond acceptors (Lipinski definition) is 3. The predicted octanol–water partition coefficient (Wildman–Crippen LogP) is 3.67. The monoisotopic (exact) mass is 262 g/mol. The van der Waals surface area contributed by atoms with Gasteiger partial charge in [0.25, 0.3) is 0 Å². The van der Waals surface area contributed by atoms with E-state index < -0.39 is 0 Å². The SMILES string of the molecule is CCOC1=C/C(=C2/CCC(OCC)=CC2=O)CCC1. The van der Waals surface area contributed by atoms with Crippen molar-refractivity contribution in [3.05, 3.63) is 34.8 Å². The van der Waals surface area contributed by atoms with Gasteiger partial charge in [0, 0.05) is 24.5 Å². The molecule has 0 aromatic carbocycles. The Labute approximate surface area is 115 Å². The molecular weight excluding hydrogens is 240 g/mol. The Morgan fingerprint density at radius 3 is 2.26 bits per heavy atom. The maximum Gasteiger partial charge on any atom is 0.185 e. The number of ether oxygens (including phenoxy) is 2. The lowest BCUT2D eigenvalue weighted by molar-refractivity contribution is -0.112. The fourth-order valence-corrected chi connectivity index (χ4v) is 2.62. The first-order valence-corrected chi connectivity index (χ1v) is 7.17. The van der Waals surface area contributed by atoms with E-state index in [4.69, 9.17) is 9.47 Å². The molecular formula is C16H22O3. The van der Waals surface area contributed by atoms with Gasteiger partial charge in [-0.2, -0.15) is 0 Å². The summed E-state index contributed by atoms with van der Waals surface area (Å²) in [6, 6.07) is 0. The van der Waals surface area contributed by atoms with Gasteiger partial charge < -0.3 is 9.47 Å². The van der Waals surface area contributed by atoms with Gasteiger partial charge in [-0.05, 0) is 44.8 Å². The predicted molar refractivity (Wildman–Crippen MR) is 74.5 cm³/mol. The smallest absolute Gasteiger partial charge is 0.185 e. The number of carbonyl (C=O) groups excluding carboxylic acids is 1. The van der Waals surface area contributed by atoms with Crippen LogP contribution in [0.25, 0.3) is 0 Å². The zero-order valence-corrected chi connectivity index (χ0v) is 11.8. The molecule has 104 valence electrons. The van der Waals surface area contributed by atoms with Gasteiger partial charge in [0.05, 0.1) is 19.0 Å². The molecule has 0 fully saturated rings. The van der Waals surface area contributed by atoms with Crippen LogP contribution in [0.3, 0.4) is 0 Å². The van der Waals surface area contributed by atoms with E-state index in [0.717, 1.165) is 54.8 Å². The molecule has 0 unspecified atom stereocenters. The van der Waals surface area contributed by atoms with E-state index in [1.54, 1.807) is 6.08 Å². The van der Waals surface area contributed by atoms with E-state index >= 15 is 0 Å². The Balaban J connectivity index is 2.19. The number of ketones is 1. The highest BCUT2D eigenvalue weighted by molar-refractivity contribution is 6.06. The molecule has 0 heterocycles. The first kappa shape index (κ1) is 13.9. The van der Waals surface area contributed by atoms with Crippen LogP contribution in [0.4, 0.5) is 0 Å². The third kappa shape index (κ3) is 3.49. The minimum Gasteiger partial charge on any atom is -0.498 e. The number of allylic oxidation sites excluding steroid dienone is 6. The summed E-state index contributed by atoms with van der Waals surface area (Å²) in [6.07, 6.45) is 8.37. The molecule has 3 nitrogen and oxygen atoms in total. The summed E-state index contributed by atoms with van der Waals surface area (Å²) in [4.78, 5) is 12.2. The van der Waals surface area contributed by atoms with E-state index in [1.165, 1.54) is 0 Å². The molecule has 0 N–H and O–H groups in total. The summed E-state index contributed by atoms with van der Waals surface area (Å²) in [6.45, 7) is 5.25. The average Bonchev–Trinajstić information content (AvgIpc) is 2.40. The molecule has 0 spiro atoms. The van der Waals surface area contributed by atoms with Crippen molar-refractivity contribution in [2.75, 3.05) is 13.2 Å². The van der Waals surface area contributed by atoms with Gasteiger partial charge in [0.15, 0.2) is 5.78 Å². The molecule has 0 aromatic heterocycles. The summed E-state index contributed by atoms with van der Waals surface area (Å²) in [5.41, 5.74) is 2.10. The van der Waals surface area contributed by atoms with E-state index in [2.05, 4.69) is 6.08 Å². The van der Waals surface area contributed by atoms with Crippen LogP contribution in [0.5, 0.6) is 0 Å². The summed E-state index contributed by atoms with van der Waals surface area (Å²) < 4.78 is 11.0. The first-order valence-electron chi connectivity index (χ1n) is 7.17. The standard InChI is InChI=1S/C16H22O3/c1-3-18-13-7-5-6-12(10-13)15-9-8-14(19-4-2)11-16(15)17/h10-11H,3-9H2,1-2H3/b15-12-. The Morgan fingerprint density at radius 1 is 0.947 bits per heavy atom. The molecule has 2 aliphatic rings. The molecule has 0 atom stereocenters. The van der Waals surface area contributed by atoms with Crippen molar-refractivity contribution in [2.24, 2.45) is 0 Å². The molecule has 0 amide bonds. The van der Waals surface area contributed by atoms with Crippen LogP contribution in [-0.4, -0.2) is 19.0 Å². The lowest BCUT2D eigenvalue weighted by atomic mass is 9.88. The topological polar surface area (TPSA) is 35.5 Å². The molecule has 2 aliphatic carbocycles. The van der Waals surface area contributed by atoms with Crippen molar-refractivity contribution in [3.63, 3.8) is 0 Å². The van der Waals surface area contributed by atoms with Crippen molar-refractivity contribution in [1.29, 1.82) is 0 Å². The van der Waals surface area contributed by atoms with Gasteiger partial charge in [0.2, 0.25) is 0 Å². The number of hydrogen-bond donors (Lipinski definition) is 0. The fourth-order valence-electron chi connectivity index (χ4n) is 2.62. The fraction of sp³-hybridized carbons (Fsp3) is 0.562. The molecule has 0 radical (unpaired) electrons. The van der Waals surface area contributed by atoms with Crippen LogP contribution >= 0.6 is 0 Å². The Kier molecular flexibility index (Phi) is 4.83. The normalized spacial score (nSPS) is 23.8. The molecule has 0 bridgehead atoms. The molecule has 19 heavy (non-hydrogen) atoms. The third-order valence-electron chi connectivity index (χ3n) is 3.46. The minimum absolute atomic E-state index is 0.110. The highest BCUT2D eigenvalue weighted by Gasteiger charge is 2.21. The Bertz CT molecular complexity index is 441. The maximum absolute atomic E-state index is 12.2. The highest BCUT2D eigenvalue weighted by Crippen LogP contribution is 2.31. The van der Waals surface area contributed by atoms with Crippen molar-refractivity contribution in [1.82, 2.24) is 0 Å².